The molecule has 0 aliphatic carbocycles. The van der Waals surface area contributed by atoms with Gasteiger partial charge in [-0.25, -0.2) is 9.78 Å². The quantitative estimate of drug-likeness (QED) is 0.323. The van der Waals surface area contributed by atoms with Crippen LogP contribution in [0, 0.1) is 5.41 Å². The highest BCUT2D eigenvalue weighted by atomic mass is 32.1. The number of pyridine rings is 2. The molecule has 0 spiro atoms. The van der Waals surface area contributed by atoms with Gasteiger partial charge < -0.3 is 16.0 Å². The van der Waals surface area contributed by atoms with E-state index in [4.69, 9.17) is 23.4 Å². The van der Waals surface area contributed by atoms with Crippen LogP contribution in [-0.4, -0.2) is 48.7 Å². The van der Waals surface area contributed by atoms with Gasteiger partial charge in [-0.1, -0.05) is 19.1 Å². The minimum atomic E-state index is -0.496. The van der Waals surface area contributed by atoms with Gasteiger partial charge in [0.05, 0.1) is 27.1 Å². The number of rotatable bonds is 4. The van der Waals surface area contributed by atoms with Crippen LogP contribution in [0.5, 0.6) is 0 Å². The summed E-state index contributed by atoms with van der Waals surface area (Å²) in [4.78, 5) is 40.0. The topological polar surface area (TPSA) is 134 Å². The van der Waals surface area contributed by atoms with E-state index in [1.807, 2.05) is 6.92 Å². The van der Waals surface area contributed by atoms with E-state index in [1.54, 1.807) is 16.7 Å². The SMILES string of the molecule is CCC(=S)N1CCC(n2c(=O)[nH]c(=O)c3cnc4ccc(/C(C=N)=C/N)nc4c32)CC1. The molecule has 10 heteroatoms. The fourth-order valence-electron chi connectivity index (χ4n) is 4.10. The van der Waals surface area contributed by atoms with Crippen molar-refractivity contribution in [3.05, 3.63) is 51.1 Å². The van der Waals surface area contributed by atoms with Gasteiger partial charge in [-0.3, -0.25) is 19.3 Å². The number of aromatic amines is 1. The summed E-state index contributed by atoms with van der Waals surface area (Å²) in [6.07, 6.45) is 6.14. The monoisotopic (exact) mass is 437 g/mol. The van der Waals surface area contributed by atoms with Gasteiger partial charge in [0.1, 0.15) is 5.52 Å². The smallest absolute Gasteiger partial charge is 0.329 e. The first-order chi connectivity index (χ1) is 15.0. The Balaban J connectivity index is 1.94. The largest absolute Gasteiger partial charge is 0.404 e. The van der Waals surface area contributed by atoms with Gasteiger partial charge in [0, 0.05) is 43.3 Å². The third-order valence-electron chi connectivity index (χ3n) is 5.73. The predicted octanol–water partition coefficient (Wildman–Crippen LogP) is 1.96. The molecule has 9 nitrogen and oxygen atoms in total. The molecule has 1 fully saturated rings. The maximum atomic E-state index is 13.0. The summed E-state index contributed by atoms with van der Waals surface area (Å²) < 4.78 is 1.64. The normalized spacial score (nSPS) is 15.5. The van der Waals surface area contributed by atoms with Crippen molar-refractivity contribution in [2.45, 2.75) is 32.2 Å². The average molecular weight is 438 g/mol. The fourth-order valence-corrected chi connectivity index (χ4v) is 4.29. The van der Waals surface area contributed by atoms with Crippen LogP contribution in [0.2, 0.25) is 0 Å². The second-order valence-corrected chi connectivity index (χ2v) is 7.92. The zero-order valence-electron chi connectivity index (χ0n) is 17.1. The number of H-pyrrole nitrogens is 1. The van der Waals surface area contributed by atoms with E-state index in [9.17, 15) is 9.59 Å². The molecule has 0 radical (unpaired) electrons. The Morgan fingerprint density at radius 2 is 2.10 bits per heavy atom. The van der Waals surface area contributed by atoms with Crippen molar-refractivity contribution < 1.29 is 0 Å². The van der Waals surface area contributed by atoms with Crippen LogP contribution in [-0.2, 0) is 0 Å². The van der Waals surface area contributed by atoms with Gasteiger partial charge in [-0.05, 0) is 31.4 Å². The first-order valence-electron chi connectivity index (χ1n) is 10.1. The van der Waals surface area contributed by atoms with E-state index >= 15 is 0 Å². The van der Waals surface area contributed by atoms with Crippen molar-refractivity contribution in [2.75, 3.05) is 13.1 Å². The maximum Gasteiger partial charge on any atom is 0.329 e. The number of piperidine rings is 1. The highest BCUT2D eigenvalue weighted by Crippen LogP contribution is 2.28. The number of allylic oxidation sites excluding steroid dienone is 1. The Morgan fingerprint density at radius 3 is 2.74 bits per heavy atom. The summed E-state index contributed by atoms with van der Waals surface area (Å²) in [5.74, 6) is 0. The van der Waals surface area contributed by atoms with E-state index < -0.39 is 11.2 Å². The molecule has 0 aromatic carbocycles. The summed E-state index contributed by atoms with van der Waals surface area (Å²) in [6, 6.07) is 3.36. The van der Waals surface area contributed by atoms with Crippen LogP contribution in [0.25, 0.3) is 27.5 Å². The first kappa shape index (κ1) is 20.9. The molecule has 0 bridgehead atoms. The molecule has 1 saturated heterocycles. The zero-order valence-corrected chi connectivity index (χ0v) is 17.9. The number of hydrogen-bond donors (Lipinski definition) is 3. The van der Waals surface area contributed by atoms with Crippen LogP contribution in [0.15, 0.2) is 34.1 Å². The molecular weight excluding hydrogens is 414 g/mol. The Kier molecular flexibility index (Phi) is 5.64. The standard InChI is InChI=1S/C21H23N7O2S/c1-2-17(31)27-7-5-13(6-8-27)28-19-14(20(29)26-21(28)30)11-24-16-4-3-15(25-18(16)19)12(9-22)10-23/h3-4,9-11,13,22H,2,5-8,23H2,1H3,(H,26,29,30)/b12-10+,22-9?. The van der Waals surface area contributed by atoms with Crippen molar-refractivity contribution in [2.24, 2.45) is 5.73 Å². The summed E-state index contributed by atoms with van der Waals surface area (Å²) in [7, 11) is 0. The number of thiocarbonyl (C=S) groups is 1. The summed E-state index contributed by atoms with van der Waals surface area (Å²) >= 11 is 5.43. The number of fused-ring (bicyclic) bond motifs is 3. The molecule has 4 N–H and O–H groups in total. The van der Waals surface area contributed by atoms with Crippen LogP contribution in [0.4, 0.5) is 0 Å². The maximum absolute atomic E-state index is 13.0. The van der Waals surface area contributed by atoms with E-state index in [0.717, 1.165) is 43.6 Å². The molecule has 3 aromatic heterocycles. The third kappa shape index (κ3) is 3.63. The zero-order chi connectivity index (χ0) is 22.1. The third-order valence-corrected chi connectivity index (χ3v) is 6.27. The molecule has 0 amide bonds. The van der Waals surface area contributed by atoms with E-state index in [2.05, 4.69) is 19.9 Å². The molecule has 0 unspecified atom stereocenters. The Hall–Kier alpha value is -3.40. The van der Waals surface area contributed by atoms with Gasteiger partial charge in [-0.2, -0.15) is 0 Å². The predicted molar refractivity (Wildman–Crippen MR) is 126 cm³/mol. The van der Waals surface area contributed by atoms with Gasteiger partial charge in [0.25, 0.3) is 5.56 Å². The van der Waals surface area contributed by atoms with Crippen LogP contribution < -0.4 is 17.0 Å². The summed E-state index contributed by atoms with van der Waals surface area (Å²) in [6.45, 7) is 3.54. The fraction of sp³-hybridized carbons (Fsp3) is 0.333. The van der Waals surface area contributed by atoms with E-state index in [-0.39, 0.29) is 6.04 Å². The lowest BCUT2D eigenvalue weighted by molar-refractivity contribution is 0.266. The van der Waals surface area contributed by atoms with Crippen molar-refractivity contribution >= 4 is 50.9 Å². The lowest BCUT2D eigenvalue weighted by Crippen LogP contribution is -2.41. The number of likely N-dealkylation sites (tertiary alicyclic amines) is 1. The molecule has 4 heterocycles. The second-order valence-electron chi connectivity index (χ2n) is 7.45. The van der Waals surface area contributed by atoms with Crippen molar-refractivity contribution in [3.8, 4) is 0 Å². The number of nitrogens with two attached hydrogens (primary N) is 1. The number of nitrogens with one attached hydrogen (secondary N) is 2. The lowest BCUT2D eigenvalue weighted by Gasteiger charge is -2.34. The van der Waals surface area contributed by atoms with Gasteiger partial charge in [-0.15, -0.1) is 0 Å². The minimum absolute atomic E-state index is 0.105. The summed E-state index contributed by atoms with van der Waals surface area (Å²) in [5.41, 5.74) is 7.02. The van der Waals surface area contributed by atoms with E-state index in [1.165, 1.54) is 12.4 Å². The van der Waals surface area contributed by atoms with Crippen LogP contribution >= 0.6 is 12.2 Å². The number of aromatic nitrogens is 4. The molecule has 1 aliphatic rings. The first-order valence-corrected chi connectivity index (χ1v) is 10.5. The summed E-state index contributed by atoms with van der Waals surface area (Å²) in [5, 5.41) is 7.86. The molecule has 4 rings (SSSR count). The molecule has 0 atom stereocenters. The molecule has 1 aliphatic heterocycles. The Labute approximate surface area is 183 Å². The second kappa shape index (κ2) is 8.38. The lowest BCUT2D eigenvalue weighted by atomic mass is 10.0. The molecule has 0 saturated carbocycles. The highest BCUT2D eigenvalue weighted by Gasteiger charge is 2.25. The van der Waals surface area contributed by atoms with Crippen molar-refractivity contribution in [1.29, 1.82) is 5.41 Å². The minimum Gasteiger partial charge on any atom is -0.404 e. The highest BCUT2D eigenvalue weighted by molar-refractivity contribution is 7.80. The molecular formula is C21H23N7O2S. The number of hydrogen-bond acceptors (Lipinski definition) is 7. The Morgan fingerprint density at radius 1 is 1.35 bits per heavy atom. The van der Waals surface area contributed by atoms with Gasteiger partial charge in [0.2, 0.25) is 0 Å². The van der Waals surface area contributed by atoms with Crippen molar-refractivity contribution in [3.63, 3.8) is 0 Å². The van der Waals surface area contributed by atoms with Crippen molar-refractivity contribution in [1.82, 2.24) is 24.4 Å². The van der Waals surface area contributed by atoms with Crippen LogP contribution in [0.1, 0.15) is 37.9 Å². The molecule has 160 valence electrons. The Bertz CT molecular complexity index is 1330. The van der Waals surface area contributed by atoms with E-state index in [0.29, 0.717) is 33.2 Å². The average Bonchev–Trinajstić information content (AvgIpc) is 2.79. The molecule has 31 heavy (non-hydrogen) atoms. The van der Waals surface area contributed by atoms with Gasteiger partial charge in [0.15, 0.2) is 0 Å². The number of nitrogens with zero attached hydrogens (tertiary/aromatic N) is 4. The van der Waals surface area contributed by atoms with Crippen LogP contribution in [0.3, 0.4) is 0 Å². The molecule has 3 aromatic rings. The van der Waals surface area contributed by atoms with Gasteiger partial charge >= 0.3 is 5.69 Å².